The number of rotatable bonds is 10. The summed E-state index contributed by atoms with van der Waals surface area (Å²) in [6, 6.07) is 96.1. The van der Waals surface area contributed by atoms with Gasteiger partial charge in [-0.1, -0.05) is 170 Å². The molecule has 0 N–H and O–H groups in total. The summed E-state index contributed by atoms with van der Waals surface area (Å²) in [6.07, 6.45) is 0. The second-order valence-corrected chi connectivity index (χ2v) is 16.5. The summed E-state index contributed by atoms with van der Waals surface area (Å²) in [4.78, 5) is 4.85. The zero-order valence-electron chi connectivity index (χ0n) is 36.2. The van der Waals surface area contributed by atoms with Crippen LogP contribution >= 0.6 is 0 Å². The highest BCUT2D eigenvalue weighted by Gasteiger charge is 2.28. The van der Waals surface area contributed by atoms with Crippen LogP contribution in [0.2, 0.25) is 0 Å². The maximum Gasteiger partial charge on any atom is 0.0781 e. The van der Waals surface area contributed by atoms with E-state index in [0.29, 0.717) is 0 Å². The molecule has 10 aromatic carbocycles. The lowest BCUT2D eigenvalue weighted by Crippen LogP contribution is -2.24. The van der Waals surface area contributed by atoms with E-state index in [1.54, 1.807) is 0 Å². The Hall–Kier alpha value is -8.86. The lowest BCUT2D eigenvalue weighted by molar-refractivity contribution is 1.17. The maximum absolute atomic E-state index is 2.43. The molecule has 0 fully saturated rings. The Kier molecular flexibility index (Phi) is 9.81. The van der Waals surface area contributed by atoms with Crippen molar-refractivity contribution in [3.05, 3.63) is 278 Å². The van der Waals surface area contributed by atoms with Gasteiger partial charge in [-0.15, -0.1) is 0 Å². The minimum atomic E-state index is 1.03. The van der Waals surface area contributed by atoms with E-state index in [0.717, 1.165) is 56.6 Å². The van der Waals surface area contributed by atoms with Crippen molar-refractivity contribution >= 4 is 77.8 Å². The van der Waals surface area contributed by atoms with E-state index in [4.69, 9.17) is 0 Å². The summed E-state index contributed by atoms with van der Waals surface area (Å²) in [5.74, 6) is 0. The zero-order valence-corrected chi connectivity index (χ0v) is 36.2. The Morgan fingerprint density at radius 1 is 0.227 bits per heavy atom. The number of nitrogens with zero attached hydrogens (tertiary/aromatic N) is 4. The fraction of sp³-hybridized carbons (Fsp3) is 0. The average molecular weight is 845 g/mol. The van der Waals surface area contributed by atoms with Crippen LogP contribution in [0.15, 0.2) is 267 Å². The summed E-state index contributed by atoms with van der Waals surface area (Å²) in [5.41, 5.74) is 15.3. The molecule has 4 heteroatoms. The highest BCUT2D eigenvalue weighted by molar-refractivity contribution is 6.11. The van der Waals surface area contributed by atoms with E-state index >= 15 is 0 Å². The minimum Gasteiger partial charge on any atom is -0.309 e. The first-order valence-corrected chi connectivity index (χ1v) is 22.5. The normalized spacial score (nSPS) is 11.9. The average Bonchev–Trinajstić information content (AvgIpc) is 3.92. The summed E-state index contributed by atoms with van der Waals surface area (Å²) < 4.78 is 4.76. The van der Waals surface area contributed by atoms with Gasteiger partial charge >= 0.3 is 0 Å². The van der Waals surface area contributed by atoms with Crippen molar-refractivity contribution in [1.82, 2.24) is 9.13 Å². The van der Waals surface area contributed by atoms with Gasteiger partial charge in [-0.2, -0.15) is 0 Å². The Morgan fingerprint density at radius 3 is 0.773 bits per heavy atom. The molecule has 2 heterocycles. The first kappa shape index (κ1) is 38.8. The van der Waals surface area contributed by atoms with Crippen LogP contribution in [-0.2, 0) is 0 Å². The Balaban J connectivity index is 1.10. The van der Waals surface area contributed by atoms with Crippen LogP contribution in [0, 0.1) is 0 Å². The molecule has 0 spiro atoms. The van der Waals surface area contributed by atoms with Crippen molar-refractivity contribution in [2.45, 2.75) is 0 Å². The molecule has 0 aliphatic rings. The van der Waals surface area contributed by atoms with Crippen LogP contribution < -0.4 is 9.80 Å². The second kappa shape index (κ2) is 16.7. The van der Waals surface area contributed by atoms with E-state index in [9.17, 15) is 0 Å². The van der Waals surface area contributed by atoms with Gasteiger partial charge in [0.15, 0.2) is 0 Å². The molecule has 0 amide bonds. The Labute approximate surface area is 384 Å². The summed E-state index contributed by atoms with van der Waals surface area (Å²) in [7, 11) is 0. The van der Waals surface area contributed by atoms with Gasteiger partial charge in [0.1, 0.15) is 0 Å². The molecule has 0 bridgehead atoms. The monoisotopic (exact) mass is 844 g/mol. The highest BCUT2D eigenvalue weighted by Crippen LogP contribution is 2.45. The lowest BCUT2D eigenvalue weighted by Gasteiger charge is -2.36. The van der Waals surface area contributed by atoms with E-state index in [-0.39, 0.29) is 0 Å². The van der Waals surface area contributed by atoms with Gasteiger partial charge in [-0.3, -0.25) is 0 Å². The molecule has 312 valence electrons. The van der Waals surface area contributed by atoms with Crippen LogP contribution in [0.4, 0.5) is 22.7 Å². The van der Waals surface area contributed by atoms with Gasteiger partial charge in [0.25, 0.3) is 0 Å². The molecule has 66 heavy (non-hydrogen) atoms. The Bertz CT molecular complexity index is 3310. The number of anilines is 4. The predicted molar refractivity (Wildman–Crippen MR) is 278 cm³/mol. The highest BCUT2D eigenvalue weighted by atomic mass is 15.2. The fourth-order valence-electron chi connectivity index (χ4n) is 9.81. The van der Waals surface area contributed by atoms with Gasteiger partial charge in [0.05, 0.1) is 33.5 Å². The number of hydrogen-bond acceptors (Lipinski definition) is 2. The molecule has 4 nitrogen and oxygen atoms in total. The predicted octanol–water partition coefficient (Wildman–Crippen LogP) is 16.4. The quantitative estimate of drug-likeness (QED) is 0.128. The van der Waals surface area contributed by atoms with Gasteiger partial charge in [-0.05, 0) is 97.1 Å². The fourth-order valence-corrected chi connectivity index (χ4v) is 9.81. The topological polar surface area (TPSA) is 16.3 Å². The van der Waals surface area contributed by atoms with E-state index in [1.807, 2.05) is 0 Å². The van der Waals surface area contributed by atoms with Crippen LogP contribution in [0.1, 0.15) is 11.1 Å². The molecule has 0 saturated heterocycles. The molecular formula is C62H44N4. The van der Waals surface area contributed by atoms with E-state index < -0.39 is 0 Å². The van der Waals surface area contributed by atoms with Crippen molar-refractivity contribution in [2.24, 2.45) is 0 Å². The molecule has 0 radical (unpaired) electrons. The number of fused-ring (bicyclic) bond motifs is 6. The van der Waals surface area contributed by atoms with Crippen molar-refractivity contribution < 1.29 is 0 Å². The summed E-state index contributed by atoms with van der Waals surface area (Å²) in [5, 5.41) is 4.98. The molecule has 0 unspecified atom stereocenters. The largest absolute Gasteiger partial charge is 0.309 e. The van der Waals surface area contributed by atoms with Crippen LogP contribution in [0.3, 0.4) is 0 Å². The van der Waals surface area contributed by atoms with Crippen molar-refractivity contribution in [1.29, 1.82) is 0 Å². The molecular weight excluding hydrogens is 801 g/mol. The van der Waals surface area contributed by atoms with Crippen LogP contribution in [0.5, 0.6) is 0 Å². The number of para-hydroxylation sites is 6. The molecule has 0 aliphatic carbocycles. The summed E-state index contributed by atoms with van der Waals surface area (Å²) >= 11 is 0. The summed E-state index contributed by atoms with van der Waals surface area (Å²) in [6.45, 7) is 0. The van der Waals surface area contributed by atoms with Gasteiger partial charge < -0.3 is 18.9 Å². The molecule has 0 saturated carbocycles. The first-order chi connectivity index (χ1) is 32.8. The van der Waals surface area contributed by atoms with Crippen molar-refractivity contribution in [2.75, 3.05) is 9.80 Å². The third kappa shape index (κ3) is 6.72. The van der Waals surface area contributed by atoms with E-state index in [2.05, 4.69) is 286 Å². The molecule has 12 aromatic rings. The lowest BCUT2D eigenvalue weighted by atomic mass is 9.99. The smallest absolute Gasteiger partial charge is 0.0781 e. The minimum absolute atomic E-state index is 1.03. The van der Waals surface area contributed by atoms with Gasteiger partial charge in [-0.25, -0.2) is 0 Å². The van der Waals surface area contributed by atoms with Crippen LogP contribution in [0.25, 0.3) is 66.4 Å². The number of aromatic nitrogens is 2. The maximum atomic E-state index is 2.43. The zero-order chi connectivity index (χ0) is 43.8. The third-order valence-electron chi connectivity index (χ3n) is 12.7. The third-order valence-corrected chi connectivity index (χ3v) is 12.7. The van der Waals surface area contributed by atoms with Crippen molar-refractivity contribution in [3.8, 4) is 11.4 Å². The second-order valence-electron chi connectivity index (χ2n) is 16.5. The van der Waals surface area contributed by atoms with Gasteiger partial charge in [0, 0.05) is 66.8 Å². The Morgan fingerprint density at radius 2 is 0.470 bits per heavy atom. The molecule has 0 aliphatic heterocycles. The first-order valence-electron chi connectivity index (χ1n) is 22.5. The molecule has 12 rings (SSSR count). The van der Waals surface area contributed by atoms with E-state index in [1.165, 1.54) is 43.6 Å². The van der Waals surface area contributed by atoms with Crippen molar-refractivity contribution in [3.63, 3.8) is 0 Å². The van der Waals surface area contributed by atoms with Crippen LogP contribution in [-0.4, -0.2) is 9.13 Å². The number of hydrogen-bond donors (Lipinski definition) is 0. The SMILES string of the molecule is c1ccc(C(=C(c2ccccc2)N(c2ccccc2)c2ccc(-n3c4ccccc4c4ccccc43)cc2)N(c2ccccc2)c2ccc(-n3c4ccccc4c4ccccc43)cc2)cc1. The standard InChI is InChI=1S/C62H44N4/c1-5-21-45(22-6-1)61(63(47-25-9-3-10-26-47)49-37-41-51(42-38-49)65-57-33-17-13-29-53(57)54-30-14-18-34-58(54)65)62(46-23-7-2-8-24-46)64(48-27-11-4-12-28-48)50-39-43-52(44-40-50)66-59-35-19-15-31-55(59)56-32-16-20-36-60(56)66/h1-44H. The number of benzene rings is 10. The molecule has 0 atom stereocenters. The van der Waals surface area contributed by atoms with Gasteiger partial charge in [0.2, 0.25) is 0 Å². The molecule has 2 aromatic heterocycles.